The summed E-state index contributed by atoms with van der Waals surface area (Å²) in [4.78, 5) is 25.1. The molecule has 0 aliphatic carbocycles. The van der Waals surface area contributed by atoms with Crippen LogP contribution in [0.5, 0.6) is 0 Å². The fourth-order valence-electron chi connectivity index (χ4n) is 1.37. The molecular weight excluding hydrogens is 186 g/mol. The average molecular weight is 195 g/mol. The van der Waals surface area contributed by atoms with Crippen LogP contribution in [0.15, 0.2) is 6.20 Å². The van der Waals surface area contributed by atoms with Gasteiger partial charge in [0.25, 0.3) is 11.8 Å². The summed E-state index contributed by atoms with van der Waals surface area (Å²) in [5, 5.41) is 5.16. The number of H-pyrrole nitrogens is 1. The number of hydrogen-bond acceptors (Lipinski definition) is 4. The maximum Gasteiger partial charge on any atom is 0.258 e. The first-order valence-electron chi connectivity index (χ1n) is 3.93. The van der Waals surface area contributed by atoms with Crippen LogP contribution in [0.3, 0.4) is 0 Å². The van der Waals surface area contributed by atoms with Gasteiger partial charge in [-0.05, 0) is 0 Å². The van der Waals surface area contributed by atoms with Crippen molar-refractivity contribution in [3.05, 3.63) is 17.3 Å². The highest BCUT2D eigenvalue weighted by Gasteiger charge is 2.27. The van der Waals surface area contributed by atoms with E-state index < -0.39 is 18.1 Å². The van der Waals surface area contributed by atoms with Crippen LogP contribution in [-0.2, 0) is 0 Å². The van der Waals surface area contributed by atoms with Gasteiger partial charge in [-0.15, -0.1) is 0 Å². The molecule has 0 radical (unpaired) electrons. The first-order chi connectivity index (χ1) is 6.59. The maximum atomic E-state index is 11.4. The standard InChI is InChI=1S/C7H9N5O2/c8-4(13)2-1-10-5-3(2)6(14)12-7(9)11-5/h1,7,10-11H,9H2,(H2,8,13)(H,12,14). The third-order valence-electron chi connectivity index (χ3n) is 1.96. The molecule has 1 aromatic heterocycles. The van der Waals surface area contributed by atoms with Gasteiger partial charge in [0, 0.05) is 6.20 Å². The lowest BCUT2D eigenvalue weighted by atomic mass is 10.1. The summed E-state index contributed by atoms with van der Waals surface area (Å²) in [6.45, 7) is 0. The van der Waals surface area contributed by atoms with E-state index in [1.807, 2.05) is 0 Å². The largest absolute Gasteiger partial charge is 0.366 e. The maximum absolute atomic E-state index is 11.4. The number of primary amides is 1. The van der Waals surface area contributed by atoms with Crippen molar-refractivity contribution in [2.75, 3.05) is 5.32 Å². The molecule has 0 saturated carbocycles. The molecule has 7 nitrogen and oxygen atoms in total. The highest BCUT2D eigenvalue weighted by molar-refractivity contribution is 6.11. The summed E-state index contributed by atoms with van der Waals surface area (Å²) in [6, 6.07) is 0. The molecule has 1 aliphatic rings. The Kier molecular flexibility index (Phi) is 1.68. The van der Waals surface area contributed by atoms with Crippen LogP contribution in [0.1, 0.15) is 20.7 Å². The number of rotatable bonds is 1. The van der Waals surface area contributed by atoms with E-state index >= 15 is 0 Å². The van der Waals surface area contributed by atoms with Crippen molar-refractivity contribution in [3.8, 4) is 0 Å². The quantitative estimate of drug-likeness (QED) is 0.374. The molecule has 74 valence electrons. The molecule has 1 atom stereocenters. The Labute approximate surface area is 78.8 Å². The average Bonchev–Trinajstić information content (AvgIpc) is 2.47. The molecular formula is C7H9N5O2. The molecule has 0 aromatic carbocycles. The molecule has 0 fully saturated rings. The van der Waals surface area contributed by atoms with Crippen LogP contribution in [0.4, 0.5) is 5.82 Å². The highest BCUT2D eigenvalue weighted by Crippen LogP contribution is 2.21. The first-order valence-corrected chi connectivity index (χ1v) is 3.93. The lowest BCUT2D eigenvalue weighted by molar-refractivity contribution is 0.0922. The minimum atomic E-state index is -0.658. The predicted octanol–water partition coefficient (Wildman–Crippen LogP) is -1.49. The van der Waals surface area contributed by atoms with Gasteiger partial charge in [0.05, 0.1) is 11.1 Å². The molecule has 1 unspecified atom stereocenters. The van der Waals surface area contributed by atoms with Crippen LogP contribution in [0.2, 0.25) is 0 Å². The first kappa shape index (κ1) is 8.57. The number of aromatic nitrogens is 1. The fourth-order valence-corrected chi connectivity index (χ4v) is 1.37. The fraction of sp³-hybridized carbons (Fsp3) is 0.143. The molecule has 0 saturated heterocycles. The Balaban J connectivity index is 2.52. The van der Waals surface area contributed by atoms with E-state index in [0.717, 1.165) is 0 Å². The molecule has 1 aromatic rings. The van der Waals surface area contributed by atoms with Crippen molar-refractivity contribution in [3.63, 3.8) is 0 Å². The lowest BCUT2D eigenvalue weighted by Gasteiger charge is -2.22. The van der Waals surface area contributed by atoms with Gasteiger partial charge in [-0.3, -0.25) is 15.3 Å². The third kappa shape index (κ3) is 1.11. The summed E-state index contributed by atoms with van der Waals surface area (Å²) in [6.07, 6.45) is 0.715. The Morgan fingerprint density at radius 1 is 1.43 bits per heavy atom. The van der Waals surface area contributed by atoms with Gasteiger partial charge in [0.15, 0.2) is 6.29 Å². The number of aromatic amines is 1. The van der Waals surface area contributed by atoms with Crippen LogP contribution in [0, 0.1) is 0 Å². The summed E-state index contributed by atoms with van der Waals surface area (Å²) < 4.78 is 0. The van der Waals surface area contributed by atoms with Gasteiger partial charge < -0.3 is 21.4 Å². The number of amides is 2. The summed E-state index contributed by atoms with van der Waals surface area (Å²) in [5.41, 5.74) is 10.9. The van der Waals surface area contributed by atoms with Crippen molar-refractivity contribution in [1.82, 2.24) is 10.3 Å². The molecule has 2 amide bonds. The van der Waals surface area contributed by atoms with E-state index in [-0.39, 0.29) is 11.1 Å². The molecule has 0 spiro atoms. The van der Waals surface area contributed by atoms with Crippen LogP contribution >= 0.6 is 0 Å². The SMILES string of the molecule is NC(=O)c1c[nH]c2c1C(=O)NC(N)N2. The van der Waals surface area contributed by atoms with Crippen molar-refractivity contribution in [2.24, 2.45) is 11.5 Å². The molecule has 2 heterocycles. The smallest absolute Gasteiger partial charge is 0.258 e. The Morgan fingerprint density at radius 2 is 2.14 bits per heavy atom. The number of fused-ring (bicyclic) bond motifs is 1. The van der Waals surface area contributed by atoms with Gasteiger partial charge in [-0.1, -0.05) is 0 Å². The van der Waals surface area contributed by atoms with Gasteiger partial charge in [0.1, 0.15) is 5.82 Å². The minimum absolute atomic E-state index is 0.150. The minimum Gasteiger partial charge on any atom is -0.366 e. The second-order valence-electron chi connectivity index (χ2n) is 2.91. The molecule has 7 heteroatoms. The Morgan fingerprint density at radius 3 is 2.79 bits per heavy atom. The van der Waals surface area contributed by atoms with E-state index in [0.29, 0.717) is 5.82 Å². The van der Waals surface area contributed by atoms with Crippen molar-refractivity contribution >= 4 is 17.6 Å². The molecule has 14 heavy (non-hydrogen) atoms. The third-order valence-corrected chi connectivity index (χ3v) is 1.96. The molecule has 2 rings (SSSR count). The summed E-state index contributed by atoms with van der Waals surface area (Å²) in [5.74, 6) is -0.661. The zero-order valence-corrected chi connectivity index (χ0v) is 7.13. The van der Waals surface area contributed by atoms with Gasteiger partial charge >= 0.3 is 0 Å². The van der Waals surface area contributed by atoms with Crippen molar-refractivity contribution < 1.29 is 9.59 Å². The number of hydrogen-bond donors (Lipinski definition) is 5. The summed E-state index contributed by atoms with van der Waals surface area (Å²) in [7, 11) is 0. The second-order valence-corrected chi connectivity index (χ2v) is 2.91. The lowest BCUT2D eigenvalue weighted by Crippen LogP contribution is -2.51. The Hall–Kier alpha value is -2.02. The van der Waals surface area contributed by atoms with E-state index in [9.17, 15) is 9.59 Å². The van der Waals surface area contributed by atoms with Crippen LogP contribution in [-0.4, -0.2) is 23.1 Å². The number of anilines is 1. The van der Waals surface area contributed by atoms with Gasteiger partial charge in [-0.25, -0.2) is 0 Å². The number of nitrogens with two attached hydrogens (primary N) is 2. The van der Waals surface area contributed by atoms with E-state index in [2.05, 4.69) is 15.6 Å². The van der Waals surface area contributed by atoms with Crippen molar-refractivity contribution in [2.45, 2.75) is 6.29 Å². The van der Waals surface area contributed by atoms with Crippen LogP contribution < -0.4 is 22.1 Å². The Bertz CT molecular complexity index is 410. The zero-order chi connectivity index (χ0) is 10.3. The van der Waals surface area contributed by atoms with E-state index in [1.54, 1.807) is 0 Å². The molecule has 7 N–H and O–H groups in total. The monoisotopic (exact) mass is 195 g/mol. The predicted molar refractivity (Wildman–Crippen MR) is 48.4 cm³/mol. The van der Waals surface area contributed by atoms with E-state index in [4.69, 9.17) is 11.5 Å². The van der Waals surface area contributed by atoms with Gasteiger partial charge in [0.2, 0.25) is 0 Å². The number of nitrogens with one attached hydrogen (secondary N) is 3. The molecule has 0 bridgehead atoms. The zero-order valence-electron chi connectivity index (χ0n) is 7.13. The highest BCUT2D eigenvalue weighted by atomic mass is 16.2. The number of carbonyl (C=O) groups is 2. The van der Waals surface area contributed by atoms with E-state index in [1.165, 1.54) is 6.20 Å². The van der Waals surface area contributed by atoms with Gasteiger partial charge in [-0.2, -0.15) is 0 Å². The number of carbonyl (C=O) groups excluding carboxylic acids is 2. The second kappa shape index (κ2) is 2.74. The molecule has 1 aliphatic heterocycles. The normalized spacial score (nSPS) is 19.5. The van der Waals surface area contributed by atoms with Crippen molar-refractivity contribution in [1.29, 1.82) is 0 Å². The van der Waals surface area contributed by atoms with Crippen LogP contribution in [0.25, 0.3) is 0 Å². The summed E-state index contributed by atoms with van der Waals surface area (Å²) >= 11 is 0. The topological polar surface area (TPSA) is 126 Å².